The highest BCUT2D eigenvalue weighted by Gasteiger charge is 2.09. The molecule has 1 atom stereocenters. The number of hydrogen-bond donors (Lipinski definition) is 2. The van der Waals surface area contributed by atoms with E-state index in [2.05, 4.69) is 15.9 Å². The highest BCUT2D eigenvalue weighted by Crippen LogP contribution is 2.28. The summed E-state index contributed by atoms with van der Waals surface area (Å²) in [6.07, 6.45) is 0.846. The molecule has 0 spiro atoms. The van der Waals surface area contributed by atoms with Gasteiger partial charge in [0.1, 0.15) is 0 Å². The molecule has 4 heteroatoms. The Labute approximate surface area is 78.7 Å². The van der Waals surface area contributed by atoms with E-state index < -0.39 is 0 Å². The van der Waals surface area contributed by atoms with E-state index in [1.54, 1.807) is 11.3 Å². The van der Waals surface area contributed by atoms with Gasteiger partial charge < -0.3 is 11.5 Å². The smallest absolute Gasteiger partial charge is 0.0413 e. The lowest BCUT2D eigenvalue weighted by Gasteiger charge is -2.07. The van der Waals surface area contributed by atoms with Crippen molar-refractivity contribution in [3.05, 3.63) is 20.8 Å². The second kappa shape index (κ2) is 4.21. The Kier molecular flexibility index (Phi) is 3.51. The maximum absolute atomic E-state index is 5.85. The first-order chi connectivity index (χ1) is 5.25. The maximum atomic E-state index is 5.85. The van der Waals surface area contributed by atoms with Gasteiger partial charge in [0.25, 0.3) is 0 Å². The van der Waals surface area contributed by atoms with Crippen LogP contribution in [0.2, 0.25) is 0 Å². The van der Waals surface area contributed by atoms with Gasteiger partial charge in [-0.3, -0.25) is 0 Å². The maximum Gasteiger partial charge on any atom is 0.0413 e. The first-order valence-electron chi connectivity index (χ1n) is 3.44. The van der Waals surface area contributed by atoms with E-state index >= 15 is 0 Å². The van der Waals surface area contributed by atoms with Gasteiger partial charge in [-0.2, -0.15) is 0 Å². The average Bonchev–Trinajstić information content (AvgIpc) is 2.36. The molecule has 1 aromatic rings. The van der Waals surface area contributed by atoms with Crippen molar-refractivity contribution in [3.8, 4) is 0 Å². The minimum absolute atomic E-state index is 0.0920. The molecular formula is C7H11BrN2S. The van der Waals surface area contributed by atoms with Gasteiger partial charge in [0, 0.05) is 15.4 Å². The van der Waals surface area contributed by atoms with Crippen LogP contribution >= 0.6 is 27.3 Å². The van der Waals surface area contributed by atoms with E-state index in [1.807, 2.05) is 11.4 Å². The normalized spacial score (nSPS) is 13.4. The van der Waals surface area contributed by atoms with Crippen molar-refractivity contribution in [1.82, 2.24) is 0 Å². The van der Waals surface area contributed by atoms with Gasteiger partial charge in [0.2, 0.25) is 0 Å². The summed E-state index contributed by atoms with van der Waals surface area (Å²) in [5, 5.41) is 2.02. The summed E-state index contributed by atoms with van der Waals surface area (Å²) < 4.78 is 1.10. The third-order valence-corrected chi connectivity index (χ3v) is 3.46. The summed E-state index contributed by atoms with van der Waals surface area (Å²) in [6.45, 7) is 0.644. The zero-order valence-corrected chi connectivity index (χ0v) is 8.49. The summed E-state index contributed by atoms with van der Waals surface area (Å²) in [6, 6.07) is 2.10. The number of rotatable bonds is 3. The number of thiophene rings is 1. The second-order valence-electron chi connectivity index (χ2n) is 2.32. The second-order valence-corrected chi connectivity index (χ2v) is 4.12. The molecule has 0 aliphatic heterocycles. The number of hydrogen-bond acceptors (Lipinski definition) is 3. The molecule has 1 unspecified atom stereocenters. The molecular weight excluding hydrogens is 224 g/mol. The molecule has 0 bridgehead atoms. The summed E-state index contributed by atoms with van der Waals surface area (Å²) >= 11 is 5.10. The summed E-state index contributed by atoms with van der Waals surface area (Å²) in [5.41, 5.74) is 11.2. The van der Waals surface area contributed by atoms with E-state index in [0.717, 1.165) is 10.9 Å². The molecule has 0 aromatic carbocycles. The zero-order valence-electron chi connectivity index (χ0n) is 6.09. The fourth-order valence-electron chi connectivity index (χ4n) is 0.881. The molecule has 2 nitrogen and oxygen atoms in total. The molecule has 62 valence electrons. The molecule has 0 aliphatic rings. The third kappa shape index (κ3) is 2.27. The molecule has 1 heterocycles. The summed E-state index contributed by atoms with van der Waals surface area (Å²) in [4.78, 5) is 1.19. The predicted molar refractivity (Wildman–Crippen MR) is 52.6 cm³/mol. The minimum atomic E-state index is 0.0920. The molecule has 0 radical (unpaired) electrons. The molecule has 1 aromatic heterocycles. The summed E-state index contributed by atoms with van der Waals surface area (Å²) in [5.74, 6) is 0. The lowest BCUT2D eigenvalue weighted by atomic mass is 10.2. The van der Waals surface area contributed by atoms with Gasteiger partial charge in [0.15, 0.2) is 0 Å². The van der Waals surface area contributed by atoms with Crippen LogP contribution in [0.1, 0.15) is 17.3 Å². The highest BCUT2D eigenvalue weighted by atomic mass is 79.9. The Morgan fingerprint density at radius 3 is 2.82 bits per heavy atom. The lowest BCUT2D eigenvalue weighted by Crippen LogP contribution is -2.14. The van der Waals surface area contributed by atoms with Gasteiger partial charge in [-0.25, -0.2) is 0 Å². The van der Waals surface area contributed by atoms with Crippen molar-refractivity contribution >= 4 is 27.3 Å². The molecule has 11 heavy (non-hydrogen) atoms. The van der Waals surface area contributed by atoms with Crippen LogP contribution in [0.4, 0.5) is 0 Å². The van der Waals surface area contributed by atoms with Crippen LogP contribution in [0.15, 0.2) is 15.9 Å². The number of halogens is 1. The van der Waals surface area contributed by atoms with Crippen molar-refractivity contribution in [1.29, 1.82) is 0 Å². The van der Waals surface area contributed by atoms with Crippen LogP contribution in [0, 0.1) is 0 Å². The fraction of sp³-hybridized carbons (Fsp3) is 0.429. The van der Waals surface area contributed by atoms with E-state index in [0.29, 0.717) is 6.54 Å². The first-order valence-corrected chi connectivity index (χ1v) is 5.11. The van der Waals surface area contributed by atoms with E-state index in [-0.39, 0.29) is 6.04 Å². The first kappa shape index (κ1) is 9.19. The van der Waals surface area contributed by atoms with Gasteiger partial charge >= 0.3 is 0 Å². The average molecular weight is 235 g/mol. The zero-order chi connectivity index (χ0) is 8.27. The standard InChI is InChI=1S/C7H11BrN2S/c8-5-2-4-11-7(5)6(10)1-3-9/h2,4,6H,1,3,9-10H2. The van der Waals surface area contributed by atoms with Crippen molar-refractivity contribution in [2.75, 3.05) is 6.54 Å². The Balaban J connectivity index is 2.67. The van der Waals surface area contributed by atoms with Crippen molar-refractivity contribution in [3.63, 3.8) is 0 Å². The highest BCUT2D eigenvalue weighted by molar-refractivity contribution is 9.10. The van der Waals surface area contributed by atoms with Crippen molar-refractivity contribution < 1.29 is 0 Å². The van der Waals surface area contributed by atoms with Crippen LogP contribution in [-0.2, 0) is 0 Å². The van der Waals surface area contributed by atoms with Crippen molar-refractivity contribution in [2.45, 2.75) is 12.5 Å². The van der Waals surface area contributed by atoms with Gasteiger partial charge in [-0.05, 0) is 40.3 Å². The Morgan fingerprint density at radius 2 is 2.36 bits per heavy atom. The van der Waals surface area contributed by atoms with Crippen LogP contribution in [0.3, 0.4) is 0 Å². The molecule has 0 saturated heterocycles. The van der Waals surface area contributed by atoms with Crippen LogP contribution in [0.25, 0.3) is 0 Å². The lowest BCUT2D eigenvalue weighted by molar-refractivity contribution is 0.670. The van der Waals surface area contributed by atoms with E-state index in [9.17, 15) is 0 Å². The fourth-order valence-corrected chi connectivity index (χ4v) is 2.59. The molecule has 1 rings (SSSR count). The quantitative estimate of drug-likeness (QED) is 0.840. The van der Waals surface area contributed by atoms with Gasteiger partial charge in [-0.1, -0.05) is 0 Å². The predicted octanol–water partition coefficient (Wildman–Crippen LogP) is 1.86. The Bertz CT molecular complexity index is 224. The molecule has 0 saturated carbocycles. The Hall–Kier alpha value is 0.100. The number of nitrogens with two attached hydrogens (primary N) is 2. The van der Waals surface area contributed by atoms with Crippen LogP contribution in [-0.4, -0.2) is 6.54 Å². The topological polar surface area (TPSA) is 52.0 Å². The van der Waals surface area contributed by atoms with E-state index in [1.165, 1.54) is 4.88 Å². The Morgan fingerprint density at radius 1 is 1.64 bits per heavy atom. The molecule has 4 N–H and O–H groups in total. The molecule has 0 fully saturated rings. The van der Waals surface area contributed by atoms with Crippen LogP contribution < -0.4 is 11.5 Å². The van der Waals surface area contributed by atoms with Crippen molar-refractivity contribution in [2.24, 2.45) is 11.5 Å². The largest absolute Gasteiger partial charge is 0.330 e. The monoisotopic (exact) mass is 234 g/mol. The van der Waals surface area contributed by atoms with Gasteiger partial charge in [0.05, 0.1) is 0 Å². The SMILES string of the molecule is NCCC(N)c1sccc1Br. The van der Waals surface area contributed by atoms with E-state index in [4.69, 9.17) is 11.5 Å². The van der Waals surface area contributed by atoms with Crippen LogP contribution in [0.5, 0.6) is 0 Å². The summed E-state index contributed by atoms with van der Waals surface area (Å²) in [7, 11) is 0. The minimum Gasteiger partial charge on any atom is -0.330 e. The van der Waals surface area contributed by atoms with Gasteiger partial charge in [-0.15, -0.1) is 11.3 Å². The molecule has 0 amide bonds. The molecule has 0 aliphatic carbocycles. The third-order valence-electron chi connectivity index (χ3n) is 1.46.